The molecule has 0 aliphatic rings. The lowest BCUT2D eigenvalue weighted by Crippen LogP contribution is -2.41. The van der Waals surface area contributed by atoms with Crippen molar-refractivity contribution in [3.8, 4) is 5.75 Å². The van der Waals surface area contributed by atoms with Crippen LogP contribution in [0.1, 0.15) is 11.7 Å². The molecule has 0 fully saturated rings. The van der Waals surface area contributed by atoms with Gasteiger partial charge in [-0.05, 0) is 12.1 Å². The van der Waals surface area contributed by atoms with Crippen LogP contribution in [0.4, 0.5) is 4.79 Å². The zero-order valence-electron chi connectivity index (χ0n) is 12.2. The zero-order chi connectivity index (χ0) is 16.8. The number of urea groups is 1. The van der Waals surface area contributed by atoms with Crippen LogP contribution in [0.3, 0.4) is 0 Å². The molecule has 0 aliphatic carbocycles. The van der Waals surface area contributed by atoms with E-state index in [1.54, 1.807) is 36.4 Å². The Morgan fingerprint density at radius 3 is 2.43 bits per heavy atom. The average molecular weight is 353 g/mol. The number of carbonyl (C=O) groups excluding carboxylic acids is 2. The predicted octanol–water partition coefficient (Wildman–Crippen LogP) is 3.57. The van der Waals surface area contributed by atoms with Crippen molar-refractivity contribution < 1.29 is 14.3 Å². The Morgan fingerprint density at radius 1 is 1.09 bits per heavy atom. The Hall–Kier alpha value is -2.24. The summed E-state index contributed by atoms with van der Waals surface area (Å²) in [7, 11) is 1.41. The summed E-state index contributed by atoms with van der Waals surface area (Å²) >= 11 is 12.0. The van der Waals surface area contributed by atoms with Gasteiger partial charge in [0.1, 0.15) is 5.75 Å². The van der Waals surface area contributed by atoms with Gasteiger partial charge < -0.3 is 10.1 Å². The number of carbonyl (C=O) groups is 2. The fourth-order valence-electron chi connectivity index (χ4n) is 1.84. The second-order valence-electron chi connectivity index (χ2n) is 4.55. The van der Waals surface area contributed by atoms with Crippen LogP contribution in [-0.2, 0) is 4.79 Å². The summed E-state index contributed by atoms with van der Waals surface area (Å²) in [6.45, 7) is 0. The van der Waals surface area contributed by atoms with Crippen LogP contribution in [0, 0.1) is 0 Å². The smallest absolute Gasteiger partial charge is 0.321 e. The molecule has 23 heavy (non-hydrogen) atoms. The molecule has 0 saturated heterocycles. The summed E-state index contributed by atoms with van der Waals surface area (Å²) < 4.78 is 5.71. The minimum atomic E-state index is -1.05. The van der Waals surface area contributed by atoms with E-state index in [0.29, 0.717) is 15.6 Å². The van der Waals surface area contributed by atoms with Crippen molar-refractivity contribution in [2.24, 2.45) is 0 Å². The molecule has 0 unspecified atom stereocenters. The molecule has 2 aromatic carbocycles. The molecule has 0 bridgehead atoms. The minimum absolute atomic E-state index is 0.250. The maximum Gasteiger partial charge on any atom is 0.321 e. The quantitative estimate of drug-likeness (QED) is 0.883. The Kier molecular flexibility index (Phi) is 5.84. The summed E-state index contributed by atoms with van der Waals surface area (Å²) in [6.07, 6.45) is -1.05. The van der Waals surface area contributed by atoms with Gasteiger partial charge in [-0.25, -0.2) is 4.79 Å². The third-order valence-corrected chi connectivity index (χ3v) is 3.49. The summed E-state index contributed by atoms with van der Waals surface area (Å²) in [6, 6.07) is 12.8. The number of ether oxygens (including phenoxy) is 1. The molecule has 5 nitrogen and oxygen atoms in total. The van der Waals surface area contributed by atoms with Crippen LogP contribution in [-0.4, -0.2) is 19.0 Å². The van der Waals surface area contributed by atoms with Crippen LogP contribution in [0.2, 0.25) is 10.0 Å². The molecule has 3 amide bonds. The summed E-state index contributed by atoms with van der Waals surface area (Å²) in [4.78, 5) is 23.7. The number of halogens is 2. The fourth-order valence-corrected chi connectivity index (χ4v) is 2.16. The maximum atomic E-state index is 12.3. The first-order valence-corrected chi connectivity index (χ1v) is 7.46. The van der Waals surface area contributed by atoms with Crippen LogP contribution >= 0.6 is 23.2 Å². The lowest BCUT2D eigenvalue weighted by molar-refractivity contribution is -0.127. The van der Waals surface area contributed by atoms with Gasteiger partial charge in [-0.15, -0.1) is 0 Å². The highest BCUT2D eigenvalue weighted by Crippen LogP contribution is 2.31. The topological polar surface area (TPSA) is 67.4 Å². The molecule has 0 radical (unpaired) electrons. The van der Waals surface area contributed by atoms with Crippen molar-refractivity contribution in [1.82, 2.24) is 10.6 Å². The van der Waals surface area contributed by atoms with Crippen molar-refractivity contribution in [3.63, 3.8) is 0 Å². The van der Waals surface area contributed by atoms with Crippen LogP contribution in [0.5, 0.6) is 5.75 Å². The van der Waals surface area contributed by atoms with Gasteiger partial charge in [0.05, 0.1) is 5.02 Å². The lowest BCUT2D eigenvalue weighted by Gasteiger charge is -2.19. The van der Waals surface area contributed by atoms with Crippen LogP contribution in [0.15, 0.2) is 48.5 Å². The highest BCUT2D eigenvalue weighted by Gasteiger charge is 2.25. The SMILES string of the molecule is CNC(=O)NC(=O)[C@H](Oc1cc(Cl)ccc1Cl)c1ccccc1. The van der Waals surface area contributed by atoms with Crippen molar-refractivity contribution in [2.75, 3.05) is 7.05 Å². The summed E-state index contributed by atoms with van der Waals surface area (Å²) in [5.74, 6) is -0.369. The average Bonchev–Trinajstić information content (AvgIpc) is 2.56. The molecule has 0 aromatic heterocycles. The second-order valence-corrected chi connectivity index (χ2v) is 5.40. The molecule has 0 aliphatic heterocycles. The molecule has 1 atom stereocenters. The summed E-state index contributed by atoms with van der Waals surface area (Å²) in [5.41, 5.74) is 0.574. The van der Waals surface area contributed by atoms with Crippen LogP contribution in [0.25, 0.3) is 0 Å². The fraction of sp³-hybridized carbons (Fsp3) is 0.125. The number of hydrogen-bond donors (Lipinski definition) is 2. The Morgan fingerprint density at radius 2 is 1.78 bits per heavy atom. The number of nitrogens with one attached hydrogen (secondary N) is 2. The van der Waals surface area contributed by atoms with Gasteiger partial charge in [0.2, 0.25) is 6.10 Å². The second kappa shape index (κ2) is 7.85. The minimum Gasteiger partial charge on any atom is -0.474 e. The molecule has 2 rings (SSSR count). The third kappa shape index (κ3) is 4.61. The normalized spacial score (nSPS) is 11.4. The maximum absolute atomic E-state index is 12.3. The van der Waals surface area contributed by atoms with Gasteiger partial charge in [0, 0.05) is 23.7 Å². The van der Waals surface area contributed by atoms with Gasteiger partial charge >= 0.3 is 6.03 Å². The first-order chi connectivity index (χ1) is 11.0. The van der Waals surface area contributed by atoms with E-state index in [2.05, 4.69) is 10.6 Å². The van der Waals surface area contributed by atoms with E-state index in [9.17, 15) is 9.59 Å². The molecule has 2 aromatic rings. The lowest BCUT2D eigenvalue weighted by atomic mass is 10.1. The van der Waals surface area contributed by atoms with Gasteiger partial charge in [-0.1, -0.05) is 53.5 Å². The van der Waals surface area contributed by atoms with E-state index >= 15 is 0 Å². The van der Waals surface area contributed by atoms with E-state index < -0.39 is 18.0 Å². The van der Waals surface area contributed by atoms with Gasteiger partial charge in [-0.2, -0.15) is 0 Å². The third-order valence-electron chi connectivity index (χ3n) is 2.94. The molecule has 2 N–H and O–H groups in total. The van der Waals surface area contributed by atoms with Crippen LogP contribution < -0.4 is 15.4 Å². The van der Waals surface area contributed by atoms with Gasteiger partial charge in [0.25, 0.3) is 5.91 Å². The molecule has 0 heterocycles. The highest BCUT2D eigenvalue weighted by atomic mass is 35.5. The Bertz CT molecular complexity index is 708. The van der Waals surface area contributed by atoms with Crippen molar-refractivity contribution in [3.05, 3.63) is 64.1 Å². The Labute approximate surface area is 143 Å². The van der Waals surface area contributed by atoms with E-state index in [1.807, 2.05) is 6.07 Å². The van der Waals surface area contributed by atoms with Crippen molar-refractivity contribution in [2.45, 2.75) is 6.10 Å². The molecular weight excluding hydrogens is 339 g/mol. The van der Waals surface area contributed by atoms with Gasteiger partial charge in [-0.3, -0.25) is 10.1 Å². The molecule has 0 saturated carbocycles. The first kappa shape index (κ1) is 17.1. The largest absolute Gasteiger partial charge is 0.474 e. The first-order valence-electron chi connectivity index (χ1n) is 6.70. The highest BCUT2D eigenvalue weighted by molar-refractivity contribution is 6.34. The standard InChI is InChI=1S/C16H14Cl2N2O3/c1-19-16(22)20-15(21)14(10-5-3-2-4-6-10)23-13-9-11(17)7-8-12(13)18/h2-9,14H,1H3,(H2,19,20,21,22)/t14-/m1/s1. The molecule has 0 spiro atoms. The molecule has 7 heteroatoms. The monoisotopic (exact) mass is 352 g/mol. The number of benzene rings is 2. The summed E-state index contributed by atoms with van der Waals surface area (Å²) in [5, 5.41) is 5.23. The van der Waals surface area contributed by atoms with Crippen molar-refractivity contribution in [1.29, 1.82) is 0 Å². The van der Waals surface area contributed by atoms with E-state index in [0.717, 1.165) is 0 Å². The van der Waals surface area contributed by atoms with E-state index in [4.69, 9.17) is 27.9 Å². The molecular formula is C16H14Cl2N2O3. The number of hydrogen-bond acceptors (Lipinski definition) is 3. The number of rotatable bonds is 4. The molecule has 120 valence electrons. The van der Waals surface area contributed by atoms with E-state index in [1.165, 1.54) is 13.1 Å². The van der Waals surface area contributed by atoms with Gasteiger partial charge in [0.15, 0.2) is 0 Å². The van der Waals surface area contributed by atoms with E-state index in [-0.39, 0.29) is 5.75 Å². The zero-order valence-corrected chi connectivity index (χ0v) is 13.7. The Balaban J connectivity index is 2.32. The number of amides is 3. The van der Waals surface area contributed by atoms with Crippen molar-refractivity contribution >= 4 is 35.1 Å². The number of imide groups is 1. The predicted molar refractivity (Wildman–Crippen MR) is 88.9 cm³/mol.